The molecule has 1 aromatic heterocycles. The maximum atomic E-state index is 8.98. The van der Waals surface area contributed by atoms with Gasteiger partial charge in [-0.1, -0.05) is 0 Å². The summed E-state index contributed by atoms with van der Waals surface area (Å²) in [7, 11) is 0. The van der Waals surface area contributed by atoms with E-state index in [0.29, 0.717) is 12.5 Å². The molecule has 4 nitrogen and oxygen atoms in total. The van der Waals surface area contributed by atoms with Gasteiger partial charge in [-0.05, 0) is 32.3 Å². The van der Waals surface area contributed by atoms with E-state index in [2.05, 4.69) is 16.7 Å². The molecule has 1 aliphatic heterocycles. The fourth-order valence-corrected chi connectivity index (χ4v) is 2.24. The lowest BCUT2D eigenvalue weighted by molar-refractivity contribution is 0.184. The van der Waals surface area contributed by atoms with Crippen molar-refractivity contribution in [1.29, 1.82) is 0 Å². The third-order valence-electron chi connectivity index (χ3n) is 3.09. The van der Waals surface area contributed by atoms with Gasteiger partial charge >= 0.3 is 0 Å². The monoisotopic (exact) mass is 210 g/mol. The molecular weight excluding hydrogens is 192 g/mol. The van der Waals surface area contributed by atoms with E-state index in [1.807, 2.05) is 6.92 Å². The average Bonchev–Trinajstić information content (AvgIpc) is 2.81. The summed E-state index contributed by atoms with van der Waals surface area (Å²) in [6, 6.07) is 0.385. The fourth-order valence-electron chi connectivity index (χ4n) is 2.24. The van der Waals surface area contributed by atoms with Crippen molar-refractivity contribution in [1.82, 2.24) is 9.78 Å². The maximum absolute atomic E-state index is 8.98. The van der Waals surface area contributed by atoms with E-state index in [0.717, 1.165) is 25.3 Å². The summed E-state index contributed by atoms with van der Waals surface area (Å²) in [5.41, 5.74) is 3.40. The SMILES string of the molecule is Cc1nn(C2CCOC2)c(C)c1CCO. The molecule has 84 valence electrons. The molecule has 1 aliphatic rings. The van der Waals surface area contributed by atoms with Gasteiger partial charge in [0.15, 0.2) is 0 Å². The Morgan fingerprint density at radius 1 is 1.53 bits per heavy atom. The van der Waals surface area contributed by atoms with Crippen molar-refractivity contribution in [2.24, 2.45) is 0 Å². The van der Waals surface area contributed by atoms with Crippen LogP contribution in [-0.4, -0.2) is 34.7 Å². The number of ether oxygens (including phenoxy) is 1. The minimum Gasteiger partial charge on any atom is -0.396 e. The summed E-state index contributed by atoms with van der Waals surface area (Å²) in [6.07, 6.45) is 1.74. The lowest BCUT2D eigenvalue weighted by atomic mass is 10.1. The molecule has 0 saturated carbocycles. The van der Waals surface area contributed by atoms with E-state index in [9.17, 15) is 0 Å². The van der Waals surface area contributed by atoms with Crippen LogP contribution in [0.25, 0.3) is 0 Å². The highest BCUT2D eigenvalue weighted by atomic mass is 16.5. The quantitative estimate of drug-likeness (QED) is 0.809. The molecule has 15 heavy (non-hydrogen) atoms. The molecule has 1 unspecified atom stereocenters. The van der Waals surface area contributed by atoms with Crippen LogP contribution in [0.15, 0.2) is 0 Å². The van der Waals surface area contributed by atoms with Crippen LogP contribution in [0, 0.1) is 13.8 Å². The topological polar surface area (TPSA) is 47.3 Å². The number of aryl methyl sites for hydroxylation is 1. The van der Waals surface area contributed by atoms with Crippen LogP contribution < -0.4 is 0 Å². The molecule has 1 saturated heterocycles. The lowest BCUT2D eigenvalue weighted by Crippen LogP contribution is -2.12. The molecule has 0 spiro atoms. The van der Waals surface area contributed by atoms with Crippen LogP contribution in [0.3, 0.4) is 0 Å². The molecule has 0 bridgehead atoms. The highest BCUT2D eigenvalue weighted by Crippen LogP contribution is 2.23. The molecule has 1 atom stereocenters. The van der Waals surface area contributed by atoms with Crippen molar-refractivity contribution >= 4 is 0 Å². The Kier molecular flexibility index (Phi) is 3.07. The van der Waals surface area contributed by atoms with Gasteiger partial charge in [0.25, 0.3) is 0 Å². The van der Waals surface area contributed by atoms with Crippen LogP contribution in [0.4, 0.5) is 0 Å². The zero-order valence-corrected chi connectivity index (χ0v) is 9.36. The van der Waals surface area contributed by atoms with Crippen molar-refractivity contribution in [2.45, 2.75) is 32.7 Å². The maximum Gasteiger partial charge on any atom is 0.0777 e. The van der Waals surface area contributed by atoms with Crippen LogP contribution >= 0.6 is 0 Å². The molecule has 1 N–H and O–H groups in total. The fraction of sp³-hybridized carbons (Fsp3) is 0.727. The van der Waals surface area contributed by atoms with Crippen molar-refractivity contribution < 1.29 is 9.84 Å². The predicted molar refractivity (Wildman–Crippen MR) is 57.0 cm³/mol. The Hall–Kier alpha value is -0.870. The van der Waals surface area contributed by atoms with Crippen molar-refractivity contribution in [2.75, 3.05) is 19.8 Å². The minimum atomic E-state index is 0.189. The first-order valence-electron chi connectivity index (χ1n) is 5.47. The Labute approximate surface area is 89.9 Å². The van der Waals surface area contributed by atoms with Gasteiger partial charge in [0.1, 0.15) is 0 Å². The smallest absolute Gasteiger partial charge is 0.0777 e. The number of hydrogen-bond donors (Lipinski definition) is 1. The van der Waals surface area contributed by atoms with E-state index in [4.69, 9.17) is 9.84 Å². The molecule has 0 amide bonds. The second-order valence-corrected chi connectivity index (χ2v) is 4.08. The molecule has 1 fully saturated rings. The van der Waals surface area contributed by atoms with E-state index < -0.39 is 0 Å². The van der Waals surface area contributed by atoms with E-state index in [1.54, 1.807) is 0 Å². The first-order chi connectivity index (χ1) is 7.24. The zero-order chi connectivity index (χ0) is 10.8. The van der Waals surface area contributed by atoms with Gasteiger partial charge < -0.3 is 9.84 Å². The summed E-state index contributed by atoms with van der Waals surface area (Å²) >= 11 is 0. The Morgan fingerprint density at radius 3 is 2.93 bits per heavy atom. The average molecular weight is 210 g/mol. The van der Waals surface area contributed by atoms with Crippen LogP contribution in [0.5, 0.6) is 0 Å². The molecule has 2 rings (SSSR count). The summed E-state index contributed by atoms with van der Waals surface area (Å²) in [5.74, 6) is 0. The van der Waals surface area contributed by atoms with Crippen LogP contribution in [0.1, 0.15) is 29.4 Å². The molecule has 1 aromatic rings. The molecular formula is C11H18N2O2. The second kappa shape index (κ2) is 4.33. The number of aliphatic hydroxyl groups excluding tert-OH is 1. The summed E-state index contributed by atoms with van der Waals surface area (Å²) in [5, 5.41) is 13.5. The number of aromatic nitrogens is 2. The van der Waals surface area contributed by atoms with Gasteiger partial charge in [-0.25, -0.2) is 0 Å². The molecule has 0 radical (unpaired) electrons. The molecule has 0 aromatic carbocycles. The number of rotatable bonds is 3. The first kappa shape index (κ1) is 10.6. The zero-order valence-electron chi connectivity index (χ0n) is 9.36. The standard InChI is InChI=1S/C11H18N2O2/c1-8-11(3-5-14)9(2)13(12-8)10-4-6-15-7-10/h10,14H,3-7H2,1-2H3. The van der Waals surface area contributed by atoms with Crippen LogP contribution in [0.2, 0.25) is 0 Å². The Bertz CT molecular complexity index is 341. The van der Waals surface area contributed by atoms with Gasteiger partial charge in [0, 0.05) is 18.9 Å². The highest BCUT2D eigenvalue weighted by molar-refractivity contribution is 5.25. The van der Waals surface area contributed by atoms with Gasteiger partial charge in [-0.3, -0.25) is 4.68 Å². The third-order valence-corrected chi connectivity index (χ3v) is 3.09. The number of nitrogens with zero attached hydrogens (tertiary/aromatic N) is 2. The lowest BCUT2D eigenvalue weighted by Gasteiger charge is -2.10. The predicted octanol–water partition coefficient (Wildman–Crippen LogP) is 0.996. The molecule has 2 heterocycles. The largest absolute Gasteiger partial charge is 0.396 e. The van der Waals surface area contributed by atoms with E-state index in [-0.39, 0.29) is 6.61 Å². The second-order valence-electron chi connectivity index (χ2n) is 4.08. The minimum absolute atomic E-state index is 0.189. The van der Waals surface area contributed by atoms with Crippen molar-refractivity contribution in [3.05, 3.63) is 17.0 Å². The highest BCUT2D eigenvalue weighted by Gasteiger charge is 2.22. The molecule has 0 aliphatic carbocycles. The van der Waals surface area contributed by atoms with E-state index in [1.165, 1.54) is 11.3 Å². The van der Waals surface area contributed by atoms with Crippen LogP contribution in [-0.2, 0) is 11.2 Å². The summed E-state index contributed by atoms with van der Waals surface area (Å²) in [4.78, 5) is 0. The van der Waals surface area contributed by atoms with Crippen molar-refractivity contribution in [3.8, 4) is 0 Å². The normalized spacial score (nSPS) is 21.1. The van der Waals surface area contributed by atoms with Crippen molar-refractivity contribution in [3.63, 3.8) is 0 Å². The van der Waals surface area contributed by atoms with Gasteiger partial charge in [0.05, 0.1) is 18.3 Å². The summed E-state index contributed by atoms with van der Waals surface area (Å²) in [6.45, 7) is 5.86. The number of hydrogen-bond acceptors (Lipinski definition) is 3. The summed E-state index contributed by atoms with van der Waals surface area (Å²) < 4.78 is 7.43. The first-order valence-corrected chi connectivity index (χ1v) is 5.47. The number of aliphatic hydroxyl groups is 1. The van der Waals surface area contributed by atoms with Gasteiger partial charge in [-0.2, -0.15) is 5.10 Å². The van der Waals surface area contributed by atoms with E-state index >= 15 is 0 Å². The Morgan fingerprint density at radius 2 is 2.33 bits per heavy atom. The van der Waals surface area contributed by atoms with Gasteiger partial charge in [0.2, 0.25) is 0 Å². The molecule has 4 heteroatoms. The Balaban J connectivity index is 2.27. The van der Waals surface area contributed by atoms with Gasteiger partial charge in [-0.15, -0.1) is 0 Å². The third kappa shape index (κ3) is 1.92.